The number of ether oxygens (including phenoxy) is 1. The number of halogens is 1. The topological polar surface area (TPSA) is 21.3 Å². The van der Waals surface area contributed by atoms with Crippen LogP contribution in [0.5, 0.6) is 5.75 Å². The fourth-order valence-corrected chi connectivity index (χ4v) is 3.20. The van der Waals surface area contributed by atoms with E-state index in [2.05, 4.69) is 65.4 Å². The Bertz CT molecular complexity index is 639. The van der Waals surface area contributed by atoms with Crippen LogP contribution in [-0.4, -0.2) is 12.6 Å². The van der Waals surface area contributed by atoms with Gasteiger partial charge in [0.05, 0.1) is 6.54 Å². The predicted octanol–water partition coefficient (Wildman–Crippen LogP) is 4.99. The van der Waals surface area contributed by atoms with Crippen LogP contribution >= 0.6 is 15.9 Å². The van der Waals surface area contributed by atoms with Crippen LogP contribution in [0.25, 0.3) is 0 Å². The number of fused-ring (bicyclic) bond motifs is 1. The van der Waals surface area contributed by atoms with Crippen molar-refractivity contribution in [1.29, 1.82) is 0 Å². The summed E-state index contributed by atoms with van der Waals surface area (Å²) in [5, 5.41) is 3.55. The second kappa shape index (κ2) is 6.10. The SMILES string of the molecule is CC(C)c1ccccc1NCC1Cc2cc(Br)ccc2O1. The summed E-state index contributed by atoms with van der Waals surface area (Å²) in [5.41, 5.74) is 3.86. The highest BCUT2D eigenvalue weighted by Crippen LogP contribution is 2.31. The molecule has 0 saturated carbocycles. The second-order valence-corrected chi connectivity index (χ2v) is 6.73. The molecule has 1 N–H and O–H groups in total. The molecule has 110 valence electrons. The average molecular weight is 346 g/mol. The summed E-state index contributed by atoms with van der Waals surface area (Å²) in [4.78, 5) is 0. The summed E-state index contributed by atoms with van der Waals surface area (Å²) < 4.78 is 7.12. The number of hydrogen-bond acceptors (Lipinski definition) is 2. The molecule has 1 aliphatic heterocycles. The molecule has 1 unspecified atom stereocenters. The summed E-state index contributed by atoms with van der Waals surface area (Å²) in [6.45, 7) is 5.27. The first kappa shape index (κ1) is 14.5. The van der Waals surface area contributed by atoms with Gasteiger partial charge in [-0.1, -0.05) is 48.0 Å². The molecular weight excluding hydrogens is 326 g/mol. The minimum atomic E-state index is 0.203. The summed E-state index contributed by atoms with van der Waals surface area (Å²) in [6, 6.07) is 14.7. The predicted molar refractivity (Wildman–Crippen MR) is 91.3 cm³/mol. The summed E-state index contributed by atoms with van der Waals surface area (Å²) in [7, 11) is 0. The van der Waals surface area contributed by atoms with Crippen LogP contribution in [0.1, 0.15) is 30.9 Å². The molecule has 21 heavy (non-hydrogen) atoms. The Kier molecular flexibility index (Phi) is 4.20. The Balaban J connectivity index is 1.65. The maximum absolute atomic E-state index is 6.00. The Morgan fingerprint density at radius 3 is 2.86 bits per heavy atom. The molecule has 1 heterocycles. The zero-order valence-electron chi connectivity index (χ0n) is 12.4. The van der Waals surface area contributed by atoms with E-state index in [1.165, 1.54) is 16.8 Å². The van der Waals surface area contributed by atoms with Gasteiger partial charge >= 0.3 is 0 Å². The molecule has 0 radical (unpaired) electrons. The molecule has 0 amide bonds. The van der Waals surface area contributed by atoms with E-state index in [1.807, 2.05) is 12.1 Å². The highest BCUT2D eigenvalue weighted by Gasteiger charge is 2.22. The van der Waals surface area contributed by atoms with Crippen molar-refractivity contribution in [1.82, 2.24) is 0 Å². The lowest BCUT2D eigenvalue weighted by atomic mass is 10.0. The van der Waals surface area contributed by atoms with Crippen molar-refractivity contribution in [3.05, 3.63) is 58.1 Å². The van der Waals surface area contributed by atoms with E-state index in [9.17, 15) is 0 Å². The number of para-hydroxylation sites is 1. The Morgan fingerprint density at radius 2 is 2.05 bits per heavy atom. The van der Waals surface area contributed by atoms with Crippen molar-refractivity contribution >= 4 is 21.6 Å². The van der Waals surface area contributed by atoms with Crippen LogP contribution in [0.4, 0.5) is 5.69 Å². The quantitative estimate of drug-likeness (QED) is 0.842. The third-order valence-electron chi connectivity index (χ3n) is 3.87. The Morgan fingerprint density at radius 1 is 1.24 bits per heavy atom. The van der Waals surface area contributed by atoms with E-state index in [4.69, 9.17) is 4.74 Å². The monoisotopic (exact) mass is 345 g/mol. The van der Waals surface area contributed by atoms with Gasteiger partial charge in [0.2, 0.25) is 0 Å². The third kappa shape index (κ3) is 3.24. The minimum absolute atomic E-state index is 0.203. The Labute approximate surface area is 134 Å². The van der Waals surface area contributed by atoms with Crippen LogP contribution in [-0.2, 0) is 6.42 Å². The molecule has 3 heteroatoms. The van der Waals surface area contributed by atoms with Gasteiger partial charge in [-0.15, -0.1) is 0 Å². The summed E-state index contributed by atoms with van der Waals surface area (Å²) in [6.07, 6.45) is 1.17. The highest BCUT2D eigenvalue weighted by molar-refractivity contribution is 9.10. The van der Waals surface area contributed by atoms with Crippen molar-refractivity contribution in [3.63, 3.8) is 0 Å². The number of benzene rings is 2. The van der Waals surface area contributed by atoms with Crippen molar-refractivity contribution in [2.24, 2.45) is 0 Å². The van der Waals surface area contributed by atoms with Gasteiger partial charge < -0.3 is 10.1 Å². The number of hydrogen-bond donors (Lipinski definition) is 1. The third-order valence-corrected chi connectivity index (χ3v) is 4.36. The number of anilines is 1. The summed E-state index contributed by atoms with van der Waals surface area (Å²) in [5.74, 6) is 1.54. The number of nitrogens with one attached hydrogen (secondary N) is 1. The van der Waals surface area contributed by atoms with Crippen molar-refractivity contribution < 1.29 is 4.74 Å². The van der Waals surface area contributed by atoms with Crippen LogP contribution < -0.4 is 10.1 Å². The average Bonchev–Trinajstić information content (AvgIpc) is 2.87. The first-order valence-corrected chi connectivity index (χ1v) is 8.20. The van der Waals surface area contributed by atoms with E-state index < -0.39 is 0 Å². The maximum atomic E-state index is 6.00. The van der Waals surface area contributed by atoms with Crippen molar-refractivity contribution in [2.75, 3.05) is 11.9 Å². The lowest BCUT2D eigenvalue weighted by Gasteiger charge is -2.17. The molecule has 2 nitrogen and oxygen atoms in total. The molecule has 1 atom stereocenters. The maximum Gasteiger partial charge on any atom is 0.123 e. The summed E-state index contributed by atoms with van der Waals surface area (Å²) >= 11 is 3.51. The van der Waals surface area contributed by atoms with E-state index in [0.29, 0.717) is 5.92 Å². The van der Waals surface area contributed by atoms with Crippen molar-refractivity contribution in [2.45, 2.75) is 32.3 Å². The minimum Gasteiger partial charge on any atom is -0.488 e. The van der Waals surface area contributed by atoms with Crippen LogP contribution in [0.2, 0.25) is 0 Å². The second-order valence-electron chi connectivity index (χ2n) is 5.82. The molecule has 0 aromatic heterocycles. The molecule has 0 bridgehead atoms. The molecule has 1 aliphatic rings. The van der Waals surface area contributed by atoms with Gasteiger partial charge in [0, 0.05) is 16.6 Å². The van der Waals surface area contributed by atoms with Gasteiger partial charge in [0.15, 0.2) is 0 Å². The van der Waals surface area contributed by atoms with Crippen LogP contribution in [0, 0.1) is 0 Å². The largest absolute Gasteiger partial charge is 0.488 e. The van der Waals surface area contributed by atoms with Crippen molar-refractivity contribution in [3.8, 4) is 5.75 Å². The molecule has 2 aromatic carbocycles. The molecule has 2 aromatic rings. The lowest BCUT2D eigenvalue weighted by Crippen LogP contribution is -2.24. The van der Waals surface area contributed by atoms with Gasteiger partial charge in [0.1, 0.15) is 11.9 Å². The fourth-order valence-electron chi connectivity index (χ4n) is 2.79. The molecule has 0 saturated heterocycles. The van der Waals surface area contributed by atoms with Crippen LogP contribution in [0.15, 0.2) is 46.9 Å². The first-order chi connectivity index (χ1) is 10.1. The Hall–Kier alpha value is -1.48. The highest BCUT2D eigenvalue weighted by atomic mass is 79.9. The van der Waals surface area contributed by atoms with Gasteiger partial charge in [0.25, 0.3) is 0 Å². The van der Waals surface area contributed by atoms with Crippen LogP contribution in [0.3, 0.4) is 0 Å². The van der Waals surface area contributed by atoms with Gasteiger partial charge in [-0.2, -0.15) is 0 Å². The first-order valence-electron chi connectivity index (χ1n) is 7.41. The number of rotatable bonds is 4. The zero-order chi connectivity index (χ0) is 14.8. The molecule has 3 rings (SSSR count). The van der Waals surface area contributed by atoms with E-state index in [-0.39, 0.29) is 6.10 Å². The van der Waals surface area contributed by atoms with Gasteiger partial charge in [-0.05, 0) is 41.3 Å². The molecule has 0 spiro atoms. The van der Waals surface area contributed by atoms with Gasteiger partial charge in [-0.3, -0.25) is 0 Å². The standard InChI is InChI=1S/C18H20BrNO/c1-12(2)16-5-3-4-6-17(16)20-11-15-10-13-9-14(19)7-8-18(13)21-15/h3-9,12,15,20H,10-11H2,1-2H3. The van der Waals surface area contributed by atoms with E-state index in [0.717, 1.165) is 23.2 Å². The van der Waals surface area contributed by atoms with Gasteiger partial charge in [-0.25, -0.2) is 0 Å². The molecular formula is C18H20BrNO. The zero-order valence-corrected chi connectivity index (χ0v) is 14.0. The lowest BCUT2D eigenvalue weighted by molar-refractivity contribution is 0.246. The van der Waals surface area contributed by atoms with E-state index in [1.54, 1.807) is 0 Å². The molecule has 0 aliphatic carbocycles. The fraction of sp³-hybridized carbons (Fsp3) is 0.333. The van der Waals surface area contributed by atoms with E-state index >= 15 is 0 Å². The normalized spacial score (nSPS) is 16.7. The smallest absolute Gasteiger partial charge is 0.123 e. The molecule has 0 fully saturated rings.